The molecule has 1 aliphatic rings. The fourth-order valence-corrected chi connectivity index (χ4v) is 1.81. The van der Waals surface area contributed by atoms with Crippen molar-refractivity contribution < 1.29 is 14.3 Å². The van der Waals surface area contributed by atoms with E-state index in [2.05, 4.69) is 4.98 Å². The Morgan fingerprint density at radius 1 is 1.50 bits per heavy atom. The van der Waals surface area contributed by atoms with Crippen molar-refractivity contribution in [2.24, 2.45) is 5.41 Å². The summed E-state index contributed by atoms with van der Waals surface area (Å²) in [5.74, 6) is 0.957. The fraction of sp³-hybridized carbons (Fsp3) is 0.571. The molecule has 1 aromatic heterocycles. The van der Waals surface area contributed by atoms with Crippen molar-refractivity contribution in [3.63, 3.8) is 0 Å². The van der Waals surface area contributed by atoms with Gasteiger partial charge in [0.25, 0.3) is 0 Å². The molecule has 4 heteroatoms. The number of methoxy groups -OCH3 is 1. The highest BCUT2D eigenvalue weighted by molar-refractivity contribution is 5.75. The van der Waals surface area contributed by atoms with Crippen molar-refractivity contribution in [2.45, 2.75) is 32.6 Å². The van der Waals surface area contributed by atoms with Gasteiger partial charge in [0.2, 0.25) is 5.88 Å². The molecule has 1 aromatic rings. The first kappa shape index (κ1) is 12.9. The zero-order valence-electron chi connectivity index (χ0n) is 11.1. The molecule has 4 nitrogen and oxygen atoms in total. The van der Waals surface area contributed by atoms with E-state index >= 15 is 0 Å². The van der Waals surface area contributed by atoms with Crippen LogP contribution in [0.5, 0.6) is 5.88 Å². The number of nitrogens with zero attached hydrogens (tertiary/aromatic N) is 1. The van der Waals surface area contributed by atoms with E-state index in [0.29, 0.717) is 11.8 Å². The van der Waals surface area contributed by atoms with Crippen LogP contribution in [0.3, 0.4) is 0 Å². The Labute approximate surface area is 107 Å². The normalized spacial score (nSPS) is 15.3. The van der Waals surface area contributed by atoms with E-state index in [4.69, 9.17) is 9.47 Å². The number of carbonyl (C=O) groups is 1. The Hall–Kier alpha value is -1.58. The summed E-state index contributed by atoms with van der Waals surface area (Å²) in [4.78, 5) is 15.8. The van der Waals surface area contributed by atoms with Gasteiger partial charge in [-0.15, -0.1) is 0 Å². The van der Waals surface area contributed by atoms with Crippen LogP contribution in [0.4, 0.5) is 0 Å². The van der Waals surface area contributed by atoms with Crippen LogP contribution in [-0.4, -0.2) is 24.7 Å². The maximum absolute atomic E-state index is 11.6. The average molecular weight is 249 g/mol. The molecule has 2 rings (SSSR count). The largest absolute Gasteiger partial charge is 0.476 e. The predicted octanol–water partition coefficient (Wildman–Crippen LogP) is 2.54. The molecule has 1 heterocycles. The van der Waals surface area contributed by atoms with E-state index in [1.165, 1.54) is 20.0 Å². The first-order valence-electron chi connectivity index (χ1n) is 6.21. The number of hydrogen-bond donors (Lipinski definition) is 0. The molecule has 0 amide bonds. The molecule has 0 bridgehead atoms. The van der Waals surface area contributed by atoms with Gasteiger partial charge in [-0.1, -0.05) is 6.07 Å². The summed E-state index contributed by atoms with van der Waals surface area (Å²) in [6.45, 7) is 3.88. The maximum Gasteiger partial charge on any atom is 0.314 e. The lowest BCUT2D eigenvalue weighted by molar-refractivity contribution is -0.152. The predicted molar refractivity (Wildman–Crippen MR) is 67.5 cm³/mol. The number of carbonyl (C=O) groups excluding carboxylic acids is 1. The van der Waals surface area contributed by atoms with Gasteiger partial charge in [0.1, 0.15) is 6.61 Å². The zero-order valence-corrected chi connectivity index (χ0v) is 11.1. The first-order valence-corrected chi connectivity index (χ1v) is 6.21. The lowest BCUT2D eigenvalue weighted by atomic mass is 9.95. The molecule has 18 heavy (non-hydrogen) atoms. The maximum atomic E-state index is 11.6. The van der Waals surface area contributed by atoms with E-state index < -0.39 is 5.41 Å². The smallest absolute Gasteiger partial charge is 0.314 e. The number of pyridine rings is 1. The van der Waals surface area contributed by atoms with Crippen molar-refractivity contribution in [1.29, 1.82) is 0 Å². The average Bonchev–Trinajstić information content (AvgIpc) is 3.20. The quantitative estimate of drug-likeness (QED) is 0.752. The van der Waals surface area contributed by atoms with Crippen molar-refractivity contribution in [3.05, 3.63) is 23.9 Å². The minimum absolute atomic E-state index is 0.272. The van der Waals surface area contributed by atoms with E-state index in [-0.39, 0.29) is 12.6 Å². The van der Waals surface area contributed by atoms with E-state index in [0.717, 1.165) is 5.56 Å². The number of hydrogen-bond acceptors (Lipinski definition) is 4. The molecule has 1 aliphatic carbocycles. The van der Waals surface area contributed by atoms with Gasteiger partial charge in [0, 0.05) is 11.8 Å². The van der Waals surface area contributed by atoms with Gasteiger partial charge >= 0.3 is 5.97 Å². The van der Waals surface area contributed by atoms with Crippen LogP contribution in [0.25, 0.3) is 0 Å². The SMILES string of the molecule is COC(=O)C(C)(C)COc1ncccc1C1CC1. The second-order valence-electron chi connectivity index (χ2n) is 5.34. The Morgan fingerprint density at radius 2 is 2.22 bits per heavy atom. The molecule has 0 saturated heterocycles. The molecule has 0 spiro atoms. The third-order valence-electron chi connectivity index (χ3n) is 3.13. The summed E-state index contributed by atoms with van der Waals surface area (Å²) in [5, 5.41) is 0. The third-order valence-corrected chi connectivity index (χ3v) is 3.13. The summed E-state index contributed by atoms with van der Waals surface area (Å²) in [5.41, 5.74) is 0.491. The summed E-state index contributed by atoms with van der Waals surface area (Å²) < 4.78 is 10.5. The second-order valence-corrected chi connectivity index (χ2v) is 5.34. The van der Waals surface area contributed by atoms with Gasteiger partial charge in [-0.25, -0.2) is 4.98 Å². The Morgan fingerprint density at radius 3 is 2.83 bits per heavy atom. The van der Waals surface area contributed by atoms with Crippen molar-refractivity contribution in [1.82, 2.24) is 4.98 Å². The topological polar surface area (TPSA) is 48.4 Å². The highest BCUT2D eigenvalue weighted by Crippen LogP contribution is 2.43. The van der Waals surface area contributed by atoms with Crippen LogP contribution >= 0.6 is 0 Å². The number of ether oxygens (including phenoxy) is 2. The monoisotopic (exact) mass is 249 g/mol. The summed E-state index contributed by atoms with van der Waals surface area (Å²) in [7, 11) is 1.39. The molecule has 1 saturated carbocycles. The number of aromatic nitrogens is 1. The Balaban J connectivity index is 2.04. The summed E-state index contributed by atoms with van der Waals surface area (Å²) in [6.07, 6.45) is 4.11. The zero-order chi connectivity index (χ0) is 13.2. The molecule has 0 aromatic carbocycles. The van der Waals surface area contributed by atoms with Gasteiger partial charge in [0.15, 0.2) is 0 Å². The molecule has 0 unspecified atom stereocenters. The van der Waals surface area contributed by atoms with Gasteiger partial charge < -0.3 is 9.47 Å². The lowest BCUT2D eigenvalue weighted by Gasteiger charge is -2.22. The summed E-state index contributed by atoms with van der Waals surface area (Å²) >= 11 is 0. The minimum Gasteiger partial charge on any atom is -0.476 e. The van der Waals surface area contributed by atoms with Gasteiger partial charge in [0.05, 0.1) is 12.5 Å². The summed E-state index contributed by atoms with van der Waals surface area (Å²) in [6, 6.07) is 3.97. The van der Waals surface area contributed by atoms with Crippen molar-refractivity contribution in [3.8, 4) is 5.88 Å². The van der Waals surface area contributed by atoms with Crippen LogP contribution in [0, 0.1) is 5.41 Å². The highest BCUT2D eigenvalue weighted by atomic mass is 16.5. The molecule has 1 fully saturated rings. The Bertz CT molecular complexity index is 438. The molecule has 0 aliphatic heterocycles. The standard InChI is InChI=1S/C14H19NO3/c1-14(2,13(16)17-3)9-18-12-11(10-6-7-10)5-4-8-15-12/h4-5,8,10H,6-7,9H2,1-3H3. The molecular formula is C14H19NO3. The lowest BCUT2D eigenvalue weighted by Crippen LogP contribution is -2.32. The van der Waals surface area contributed by atoms with Crippen LogP contribution < -0.4 is 4.74 Å². The van der Waals surface area contributed by atoms with Crippen molar-refractivity contribution in [2.75, 3.05) is 13.7 Å². The molecule has 0 atom stereocenters. The van der Waals surface area contributed by atoms with E-state index in [1.807, 2.05) is 12.1 Å². The van der Waals surface area contributed by atoms with Gasteiger partial charge in [-0.3, -0.25) is 4.79 Å². The van der Waals surface area contributed by atoms with Gasteiger partial charge in [-0.2, -0.15) is 0 Å². The minimum atomic E-state index is -0.660. The Kier molecular flexibility index (Phi) is 3.55. The van der Waals surface area contributed by atoms with Crippen LogP contribution in [0.1, 0.15) is 38.2 Å². The van der Waals surface area contributed by atoms with Gasteiger partial charge in [-0.05, 0) is 38.7 Å². The highest BCUT2D eigenvalue weighted by Gasteiger charge is 2.32. The second kappa shape index (κ2) is 4.96. The van der Waals surface area contributed by atoms with Crippen molar-refractivity contribution >= 4 is 5.97 Å². The van der Waals surface area contributed by atoms with Crippen LogP contribution in [0.15, 0.2) is 18.3 Å². The third kappa shape index (κ3) is 2.81. The fourth-order valence-electron chi connectivity index (χ4n) is 1.81. The molecule has 98 valence electrons. The van der Waals surface area contributed by atoms with Crippen LogP contribution in [0.2, 0.25) is 0 Å². The van der Waals surface area contributed by atoms with Crippen LogP contribution in [-0.2, 0) is 9.53 Å². The molecular weight excluding hydrogens is 230 g/mol. The van der Waals surface area contributed by atoms with E-state index in [1.54, 1.807) is 20.0 Å². The van der Waals surface area contributed by atoms with E-state index in [9.17, 15) is 4.79 Å². The number of rotatable bonds is 5. The first-order chi connectivity index (χ1) is 8.54. The molecule has 0 N–H and O–H groups in total. The molecule has 0 radical (unpaired) electrons. The number of esters is 1.